The van der Waals surface area contributed by atoms with E-state index in [4.69, 9.17) is 0 Å². The highest BCUT2D eigenvalue weighted by atomic mass is 28.3. The second-order valence-electron chi connectivity index (χ2n) is 18.0. The van der Waals surface area contributed by atoms with E-state index in [1.807, 2.05) is 0 Å². The normalized spacial score (nSPS) is 13.9. The Morgan fingerprint density at radius 2 is 0.594 bits per heavy atom. The summed E-state index contributed by atoms with van der Waals surface area (Å²) < 4.78 is 0. The molecule has 1 nitrogen and oxygen atoms in total. The first-order valence-electron chi connectivity index (χ1n) is 23.9. The van der Waals surface area contributed by atoms with Gasteiger partial charge in [-0.3, -0.25) is 0 Å². The van der Waals surface area contributed by atoms with Gasteiger partial charge in [0.05, 0.1) is 5.41 Å². The monoisotopic (exact) mass is 895 g/mol. The van der Waals surface area contributed by atoms with E-state index in [1.165, 1.54) is 76.4 Å². The number of fused-ring (bicyclic) bond motifs is 3. The minimum absolute atomic E-state index is 0.613. The minimum Gasteiger partial charge on any atom is -0.310 e. The summed E-state index contributed by atoms with van der Waals surface area (Å²) in [5.74, 6) is 0. The third kappa shape index (κ3) is 7.16. The Hall–Kier alpha value is -8.56. The van der Waals surface area contributed by atoms with Gasteiger partial charge >= 0.3 is 0 Å². The van der Waals surface area contributed by atoms with Crippen LogP contribution in [0.3, 0.4) is 0 Å². The molecule has 11 aromatic rings. The largest absolute Gasteiger partial charge is 0.310 e. The minimum atomic E-state index is -2.77. The zero-order valence-corrected chi connectivity index (χ0v) is 39.2. The molecule has 0 saturated heterocycles. The first-order valence-corrected chi connectivity index (χ1v) is 25.9. The second-order valence-corrected chi connectivity index (χ2v) is 21.8. The third-order valence-electron chi connectivity index (χ3n) is 14.3. The second kappa shape index (κ2) is 17.9. The van der Waals surface area contributed by atoms with E-state index in [9.17, 15) is 0 Å². The zero-order valence-electron chi connectivity index (χ0n) is 38.2. The van der Waals surface area contributed by atoms with E-state index >= 15 is 0 Å². The Labute approximate surface area is 407 Å². The Bertz CT molecular complexity index is 3310. The number of hydrogen-bond donors (Lipinski definition) is 0. The van der Waals surface area contributed by atoms with Crippen molar-refractivity contribution >= 4 is 45.9 Å². The van der Waals surface area contributed by atoms with Crippen LogP contribution in [0, 0.1) is 0 Å². The fourth-order valence-corrected chi connectivity index (χ4v) is 16.0. The summed E-state index contributed by atoms with van der Waals surface area (Å²) in [6.07, 6.45) is 0. The van der Waals surface area contributed by atoms with Crippen molar-refractivity contribution in [3.8, 4) is 33.4 Å². The van der Waals surface area contributed by atoms with Crippen LogP contribution in [0.5, 0.6) is 0 Å². The highest BCUT2D eigenvalue weighted by molar-refractivity contribution is 7.19. The summed E-state index contributed by atoms with van der Waals surface area (Å²) in [7, 11) is -2.77. The lowest BCUT2D eigenvalue weighted by Gasteiger charge is -2.37. The number of nitrogens with zero attached hydrogens (tertiary/aromatic N) is 1. The summed E-state index contributed by atoms with van der Waals surface area (Å²) in [4.78, 5) is 2.42. The molecule has 0 amide bonds. The molecule has 0 saturated carbocycles. The van der Waals surface area contributed by atoms with Crippen LogP contribution in [-0.4, -0.2) is 8.07 Å². The van der Waals surface area contributed by atoms with Gasteiger partial charge in [0.2, 0.25) is 0 Å². The Morgan fingerprint density at radius 3 is 1.07 bits per heavy atom. The summed E-state index contributed by atoms with van der Waals surface area (Å²) in [5.41, 5.74) is 15.0. The first-order chi connectivity index (χ1) is 34.2. The van der Waals surface area contributed by atoms with E-state index in [2.05, 4.69) is 302 Å². The van der Waals surface area contributed by atoms with Crippen LogP contribution >= 0.6 is 0 Å². The van der Waals surface area contributed by atoms with Gasteiger partial charge in [-0.1, -0.05) is 261 Å². The number of rotatable bonds is 11. The highest BCUT2D eigenvalue weighted by Crippen LogP contribution is 2.57. The maximum absolute atomic E-state index is 2.77. The molecule has 1 aliphatic carbocycles. The van der Waals surface area contributed by atoms with Crippen LogP contribution in [-0.2, 0) is 5.41 Å². The lowest BCUT2D eigenvalue weighted by atomic mass is 9.67. The van der Waals surface area contributed by atoms with E-state index in [0.29, 0.717) is 0 Å². The average Bonchev–Trinajstić information content (AvgIpc) is 3.74. The molecule has 0 radical (unpaired) electrons. The highest BCUT2D eigenvalue weighted by Gasteiger charge is 2.47. The molecule has 1 atom stereocenters. The molecular weight excluding hydrogens is 847 g/mol. The van der Waals surface area contributed by atoms with E-state index < -0.39 is 13.5 Å². The Kier molecular flexibility index (Phi) is 10.9. The predicted molar refractivity (Wildman–Crippen MR) is 293 cm³/mol. The van der Waals surface area contributed by atoms with Gasteiger partial charge in [0, 0.05) is 17.1 Å². The molecule has 1 unspecified atom stereocenters. The summed E-state index contributed by atoms with van der Waals surface area (Å²) >= 11 is 0. The van der Waals surface area contributed by atoms with Crippen LogP contribution in [0.4, 0.5) is 17.1 Å². The summed E-state index contributed by atoms with van der Waals surface area (Å²) in [6, 6.07) is 110. The molecule has 326 valence electrons. The van der Waals surface area contributed by atoms with Crippen molar-refractivity contribution in [2.24, 2.45) is 0 Å². The van der Waals surface area contributed by atoms with Crippen molar-refractivity contribution < 1.29 is 0 Å². The van der Waals surface area contributed by atoms with Crippen molar-refractivity contribution in [1.29, 1.82) is 0 Å². The molecule has 0 heterocycles. The lowest BCUT2D eigenvalue weighted by Crippen LogP contribution is -2.74. The molecule has 0 aliphatic heterocycles. The van der Waals surface area contributed by atoms with Crippen LogP contribution < -0.4 is 25.6 Å². The molecule has 12 rings (SSSR count). The Balaban J connectivity index is 1.07. The molecule has 69 heavy (non-hydrogen) atoms. The van der Waals surface area contributed by atoms with E-state index in [-0.39, 0.29) is 0 Å². The van der Waals surface area contributed by atoms with Crippen molar-refractivity contribution in [2.45, 2.75) is 5.41 Å². The first kappa shape index (κ1) is 41.8. The molecule has 0 N–H and O–H groups in total. The van der Waals surface area contributed by atoms with Crippen LogP contribution in [0.1, 0.15) is 22.3 Å². The lowest BCUT2D eigenvalue weighted by molar-refractivity contribution is 0.769. The van der Waals surface area contributed by atoms with E-state index in [1.54, 1.807) is 0 Å². The van der Waals surface area contributed by atoms with Crippen LogP contribution in [0.15, 0.2) is 297 Å². The van der Waals surface area contributed by atoms with Gasteiger partial charge in [-0.05, 0) is 113 Å². The third-order valence-corrected chi connectivity index (χ3v) is 19.1. The quantitative estimate of drug-likeness (QED) is 0.0924. The zero-order chi connectivity index (χ0) is 46.0. The maximum atomic E-state index is 2.48. The average molecular weight is 896 g/mol. The predicted octanol–water partition coefficient (Wildman–Crippen LogP) is 14.2. The molecule has 0 spiro atoms. The fraction of sp³-hybridized carbons (Fsp3) is 0.0149. The van der Waals surface area contributed by atoms with Crippen molar-refractivity contribution in [3.63, 3.8) is 0 Å². The summed E-state index contributed by atoms with van der Waals surface area (Å²) in [5, 5.41) is 5.44. The molecule has 0 aromatic heterocycles. The molecule has 0 bridgehead atoms. The van der Waals surface area contributed by atoms with Gasteiger partial charge in [0.25, 0.3) is 0 Å². The molecular formula is C67H49NSi. The number of benzene rings is 11. The molecule has 2 heteroatoms. The van der Waals surface area contributed by atoms with Gasteiger partial charge in [-0.2, -0.15) is 0 Å². The molecule has 1 aliphatic rings. The molecule has 11 aromatic carbocycles. The standard InChI is InChI=1S/C67H49NSi/c1-7-21-50(22-8-1)52-35-41-56(42-36-52)68(57-43-37-53(38-44-57)51-23-9-2-10-24-51)58-45-48-64-63-33-19-20-34-65(63)67(66(64)49-58,54-25-11-3-12-26-54)55-39-46-62(47-40-55)69(59-27-13-4-14-28-59,60-29-15-5-16-30-60)61-31-17-6-18-32-61/h1-49H. The van der Waals surface area contributed by atoms with Gasteiger partial charge in [-0.25, -0.2) is 0 Å². The van der Waals surface area contributed by atoms with Crippen LogP contribution in [0.2, 0.25) is 0 Å². The van der Waals surface area contributed by atoms with Gasteiger partial charge in [0.15, 0.2) is 8.07 Å². The number of anilines is 3. The topological polar surface area (TPSA) is 3.24 Å². The van der Waals surface area contributed by atoms with Crippen molar-refractivity contribution in [3.05, 3.63) is 320 Å². The van der Waals surface area contributed by atoms with Gasteiger partial charge in [-0.15, -0.1) is 0 Å². The van der Waals surface area contributed by atoms with Crippen LogP contribution in [0.25, 0.3) is 33.4 Å². The number of hydrogen-bond acceptors (Lipinski definition) is 1. The van der Waals surface area contributed by atoms with Gasteiger partial charge in [0.1, 0.15) is 0 Å². The van der Waals surface area contributed by atoms with E-state index in [0.717, 1.165) is 17.1 Å². The Morgan fingerprint density at radius 1 is 0.246 bits per heavy atom. The smallest absolute Gasteiger partial charge is 0.179 e. The maximum Gasteiger partial charge on any atom is 0.179 e. The SMILES string of the molecule is c1ccc(-c2ccc(N(c3ccc(-c4ccccc4)cc3)c3ccc4c(c3)C(c3ccccc3)(c3ccc([Si](c5ccccc5)(c5ccccc5)c5ccccc5)cc3)c3ccccc3-4)cc2)cc1. The molecule has 0 fully saturated rings. The fourth-order valence-electron chi connectivity index (χ4n) is 11.2. The van der Waals surface area contributed by atoms with Crippen molar-refractivity contribution in [1.82, 2.24) is 0 Å². The van der Waals surface area contributed by atoms with Gasteiger partial charge < -0.3 is 4.90 Å². The van der Waals surface area contributed by atoms with Crippen molar-refractivity contribution in [2.75, 3.05) is 4.90 Å². The summed E-state index contributed by atoms with van der Waals surface area (Å²) in [6.45, 7) is 0.